The number of aromatic amines is 1. The second-order valence-corrected chi connectivity index (χ2v) is 4.39. The molecular weight excluding hydrogens is 206 g/mol. The lowest BCUT2D eigenvalue weighted by Crippen LogP contribution is -2.31. The van der Waals surface area contributed by atoms with Crippen LogP contribution >= 0.6 is 0 Å². The summed E-state index contributed by atoms with van der Waals surface area (Å²) in [6, 6.07) is 0. The molecule has 1 aliphatic rings. The molecule has 2 rings (SSSR count). The molecule has 1 heterocycles. The molecule has 0 aliphatic heterocycles. The normalized spacial score (nSPS) is 14.9. The number of carbonyl (C=O) groups is 1. The second kappa shape index (κ2) is 3.73. The smallest absolute Gasteiger partial charge is 0.264 e. The highest BCUT2D eigenvalue weighted by Gasteiger charge is 2.28. The van der Waals surface area contributed by atoms with Crippen molar-refractivity contribution in [3.05, 3.63) is 27.4 Å². The SMILES string of the molecule is Cc1nc(C2CC2)[nH]c(=O)c1C(=O)N(C)C. The molecule has 1 aromatic heterocycles. The Hall–Kier alpha value is -1.65. The minimum Gasteiger partial charge on any atom is -0.345 e. The Morgan fingerprint density at radius 1 is 1.44 bits per heavy atom. The van der Waals surface area contributed by atoms with Crippen LogP contribution in [0.15, 0.2) is 4.79 Å². The number of hydrogen-bond donors (Lipinski definition) is 1. The molecule has 5 nitrogen and oxygen atoms in total. The van der Waals surface area contributed by atoms with Crippen LogP contribution in [-0.2, 0) is 0 Å². The van der Waals surface area contributed by atoms with Crippen molar-refractivity contribution >= 4 is 5.91 Å². The highest BCUT2D eigenvalue weighted by Crippen LogP contribution is 2.37. The molecule has 0 saturated heterocycles. The van der Waals surface area contributed by atoms with Gasteiger partial charge in [-0.3, -0.25) is 9.59 Å². The van der Waals surface area contributed by atoms with Crippen LogP contribution in [0.5, 0.6) is 0 Å². The van der Waals surface area contributed by atoms with E-state index in [4.69, 9.17) is 0 Å². The molecule has 1 saturated carbocycles. The van der Waals surface area contributed by atoms with Crippen LogP contribution in [0.1, 0.15) is 40.6 Å². The summed E-state index contributed by atoms with van der Waals surface area (Å²) >= 11 is 0. The third-order valence-corrected chi connectivity index (χ3v) is 2.70. The van der Waals surface area contributed by atoms with Crippen molar-refractivity contribution in [2.24, 2.45) is 0 Å². The molecular formula is C11H15N3O2. The van der Waals surface area contributed by atoms with E-state index in [1.165, 1.54) is 4.90 Å². The van der Waals surface area contributed by atoms with Crippen LogP contribution in [-0.4, -0.2) is 34.9 Å². The van der Waals surface area contributed by atoms with E-state index in [9.17, 15) is 9.59 Å². The number of nitrogens with one attached hydrogen (secondary N) is 1. The largest absolute Gasteiger partial charge is 0.345 e. The van der Waals surface area contributed by atoms with Crippen LogP contribution in [0.3, 0.4) is 0 Å². The van der Waals surface area contributed by atoms with E-state index in [0.717, 1.165) is 18.7 Å². The fourth-order valence-electron chi connectivity index (χ4n) is 1.63. The summed E-state index contributed by atoms with van der Waals surface area (Å²) in [6.07, 6.45) is 2.15. The highest BCUT2D eigenvalue weighted by molar-refractivity contribution is 5.94. The molecule has 1 aliphatic carbocycles. The molecule has 0 radical (unpaired) electrons. The molecule has 0 bridgehead atoms. The topological polar surface area (TPSA) is 66.1 Å². The quantitative estimate of drug-likeness (QED) is 0.797. The van der Waals surface area contributed by atoms with E-state index in [0.29, 0.717) is 11.6 Å². The van der Waals surface area contributed by atoms with Crippen molar-refractivity contribution < 1.29 is 4.79 Å². The highest BCUT2D eigenvalue weighted by atomic mass is 16.2. The van der Waals surface area contributed by atoms with Crippen LogP contribution in [0.25, 0.3) is 0 Å². The fourth-order valence-corrected chi connectivity index (χ4v) is 1.63. The van der Waals surface area contributed by atoms with E-state index in [1.807, 2.05) is 0 Å². The van der Waals surface area contributed by atoms with Gasteiger partial charge in [0.15, 0.2) is 0 Å². The van der Waals surface area contributed by atoms with Gasteiger partial charge in [-0.2, -0.15) is 0 Å². The van der Waals surface area contributed by atoms with Crippen molar-refractivity contribution in [2.45, 2.75) is 25.7 Å². The van der Waals surface area contributed by atoms with E-state index >= 15 is 0 Å². The Morgan fingerprint density at radius 2 is 2.06 bits per heavy atom. The summed E-state index contributed by atoms with van der Waals surface area (Å²) in [4.78, 5) is 31.9. The van der Waals surface area contributed by atoms with Crippen LogP contribution in [0.2, 0.25) is 0 Å². The van der Waals surface area contributed by atoms with Gasteiger partial charge in [-0.25, -0.2) is 4.98 Å². The first-order valence-corrected chi connectivity index (χ1v) is 5.33. The van der Waals surface area contributed by atoms with Gasteiger partial charge in [0, 0.05) is 20.0 Å². The fraction of sp³-hybridized carbons (Fsp3) is 0.545. The summed E-state index contributed by atoms with van der Waals surface area (Å²) in [7, 11) is 3.24. The zero-order valence-corrected chi connectivity index (χ0v) is 9.70. The summed E-state index contributed by atoms with van der Waals surface area (Å²) in [5.74, 6) is 0.807. The maximum absolute atomic E-state index is 11.8. The van der Waals surface area contributed by atoms with Crippen molar-refractivity contribution in [3.63, 3.8) is 0 Å². The number of rotatable bonds is 2. The molecule has 0 spiro atoms. The summed E-state index contributed by atoms with van der Waals surface area (Å²) < 4.78 is 0. The second-order valence-electron chi connectivity index (χ2n) is 4.39. The predicted octanol–water partition coefficient (Wildman–Crippen LogP) is 0.658. The van der Waals surface area contributed by atoms with Gasteiger partial charge in [0.05, 0.1) is 5.69 Å². The number of amides is 1. The lowest BCUT2D eigenvalue weighted by Gasteiger charge is -2.11. The van der Waals surface area contributed by atoms with Crippen LogP contribution in [0, 0.1) is 6.92 Å². The Balaban J connectivity index is 2.47. The zero-order chi connectivity index (χ0) is 11.9. The number of hydrogen-bond acceptors (Lipinski definition) is 3. The van der Waals surface area contributed by atoms with Gasteiger partial charge in [-0.05, 0) is 19.8 Å². The third-order valence-electron chi connectivity index (χ3n) is 2.70. The minimum atomic E-state index is -0.326. The van der Waals surface area contributed by atoms with E-state index in [1.54, 1.807) is 21.0 Å². The first kappa shape index (κ1) is 10.9. The summed E-state index contributed by atoms with van der Waals surface area (Å²) in [5, 5.41) is 0. The molecule has 1 aromatic rings. The number of aromatic nitrogens is 2. The average Bonchev–Trinajstić information content (AvgIpc) is 2.98. The Bertz CT molecular complexity index is 486. The maximum Gasteiger partial charge on any atom is 0.264 e. The molecule has 86 valence electrons. The standard InChI is InChI=1S/C11H15N3O2/c1-6-8(11(16)14(2)3)10(15)13-9(12-6)7-4-5-7/h7H,4-5H2,1-3H3,(H,12,13,15). The molecule has 0 unspecified atom stereocenters. The van der Waals surface area contributed by atoms with Gasteiger partial charge in [0.2, 0.25) is 0 Å². The molecule has 1 fully saturated rings. The number of carbonyl (C=O) groups excluding carboxylic acids is 1. The van der Waals surface area contributed by atoms with Gasteiger partial charge in [-0.1, -0.05) is 0 Å². The molecule has 1 N–H and O–H groups in total. The lowest BCUT2D eigenvalue weighted by atomic mass is 10.2. The number of H-pyrrole nitrogens is 1. The average molecular weight is 221 g/mol. The Morgan fingerprint density at radius 3 is 2.50 bits per heavy atom. The van der Waals surface area contributed by atoms with E-state index in [2.05, 4.69) is 9.97 Å². The molecule has 1 amide bonds. The minimum absolute atomic E-state index is 0.148. The van der Waals surface area contributed by atoms with Crippen LogP contribution in [0.4, 0.5) is 0 Å². The first-order valence-electron chi connectivity index (χ1n) is 5.33. The summed E-state index contributed by atoms with van der Waals surface area (Å²) in [5.41, 5.74) is 0.340. The molecule has 5 heteroatoms. The Labute approximate surface area is 93.5 Å². The van der Waals surface area contributed by atoms with Crippen molar-refractivity contribution in [2.75, 3.05) is 14.1 Å². The van der Waals surface area contributed by atoms with Gasteiger partial charge >= 0.3 is 0 Å². The van der Waals surface area contributed by atoms with Gasteiger partial charge in [-0.15, -0.1) is 0 Å². The molecule has 0 atom stereocenters. The van der Waals surface area contributed by atoms with Crippen molar-refractivity contribution in [1.29, 1.82) is 0 Å². The van der Waals surface area contributed by atoms with Crippen molar-refractivity contribution in [3.8, 4) is 0 Å². The third kappa shape index (κ3) is 1.85. The first-order chi connectivity index (χ1) is 7.50. The van der Waals surface area contributed by atoms with Gasteiger partial charge in [0.25, 0.3) is 11.5 Å². The lowest BCUT2D eigenvalue weighted by molar-refractivity contribution is 0.0824. The number of aryl methyl sites for hydroxylation is 1. The Kier molecular flexibility index (Phi) is 2.53. The van der Waals surface area contributed by atoms with E-state index < -0.39 is 0 Å². The molecule has 0 aromatic carbocycles. The summed E-state index contributed by atoms with van der Waals surface area (Å²) in [6.45, 7) is 1.71. The molecule has 16 heavy (non-hydrogen) atoms. The van der Waals surface area contributed by atoms with Crippen molar-refractivity contribution in [1.82, 2.24) is 14.9 Å². The van der Waals surface area contributed by atoms with Gasteiger partial charge < -0.3 is 9.88 Å². The van der Waals surface area contributed by atoms with E-state index in [-0.39, 0.29) is 17.0 Å². The maximum atomic E-state index is 11.8. The zero-order valence-electron chi connectivity index (χ0n) is 9.70. The predicted molar refractivity (Wildman–Crippen MR) is 59.6 cm³/mol. The van der Waals surface area contributed by atoms with Crippen LogP contribution < -0.4 is 5.56 Å². The number of nitrogens with zero attached hydrogens (tertiary/aromatic N) is 2. The van der Waals surface area contributed by atoms with Gasteiger partial charge in [0.1, 0.15) is 11.4 Å². The monoisotopic (exact) mass is 221 g/mol.